The van der Waals surface area contributed by atoms with Crippen LogP contribution in [0.5, 0.6) is 0 Å². The number of sulfonamides is 1. The number of rotatable bonds is 5. The second-order valence-electron chi connectivity index (χ2n) is 4.25. The molecule has 1 N–H and O–H groups in total. The van der Waals surface area contributed by atoms with Gasteiger partial charge in [0.05, 0.1) is 17.1 Å². The quantitative estimate of drug-likeness (QED) is 0.872. The van der Waals surface area contributed by atoms with Crippen LogP contribution in [0.3, 0.4) is 0 Å². The fourth-order valence-electron chi connectivity index (χ4n) is 1.68. The third-order valence-electron chi connectivity index (χ3n) is 2.67. The maximum Gasteiger partial charge on any atom is 0.266 e. The lowest BCUT2D eigenvalue weighted by Crippen LogP contribution is -2.32. The first-order valence-corrected chi connectivity index (χ1v) is 7.57. The van der Waals surface area contributed by atoms with Crippen LogP contribution in [0.25, 0.3) is 0 Å². The van der Waals surface area contributed by atoms with Crippen molar-refractivity contribution in [3.63, 3.8) is 0 Å². The molecule has 106 valence electrons. The summed E-state index contributed by atoms with van der Waals surface area (Å²) in [5, 5.41) is 4.03. The van der Waals surface area contributed by atoms with Crippen molar-refractivity contribution in [3.05, 3.63) is 58.5 Å². The second-order valence-corrected chi connectivity index (χ2v) is 6.01. The van der Waals surface area contributed by atoms with Crippen molar-refractivity contribution < 1.29 is 8.42 Å². The average molecular weight is 293 g/mol. The van der Waals surface area contributed by atoms with E-state index in [1.54, 1.807) is 31.2 Å². The van der Waals surface area contributed by atoms with E-state index in [1.165, 1.54) is 22.9 Å². The van der Waals surface area contributed by atoms with Crippen molar-refractivity contribution in [2.24, 2.45) is 0 Å². The van der Waals surface area contributed by atoms with Gasteiger partial charge in [0.25, 0.3) is 5.56 Å². The molecule has 0 saturated heterocycles. The van der Waals surface area contributed by atoms with Crippen molar-refractivity contribution in [2.45, 2.75) is 18.4 Å². The molecule has 1 aromatic carbocycles. The average Bonchev–Trinajstić information content (AvgIpc) is 2.43. The van der Waals surface area contributed by atoms with E-state index in [2.05, 4.69) is 9.82 Å². The Hall–Kier alpha value is -1.99. The fourth-order valence-corrected chi connectivity index (χ4v) is 2.72. The number of benzene rings is 1. The molecule has 1 heterocycles. The van der Waals surface area contributed by atoms with E-state index in [1.807, 2.05) is 0 Å². The van der Waals surface area contributed by atoms with E-state index in [-0.39, 0.29) is 23.5 Å². The third-order valence-corrected chi connectivity index (χ3v) is 4.15. The highest BCUT2D eigenvalue weighted by atomic mass is 32.2. The zero-order valence-corrected chi connectivity index (χ0v) is 11.8. The van der Waals surface area contributed by atoms with Crippen LogP contribution in [0.15, 0.2) is 52.2 Å². The summed E-state index contributed by atoms with van der Waals surface area (Å²) >= 11 is 0. The zero-order chi connectivity index (χ0) is 14.6. The minimum absolute atomic E-state index is 0.105. The van der Waals surface area contributed by atoms with E-state index in [0.717, 1.165) is 0 Å². The molecule has 0 aliphatic heterocycles. The summed E-state index contributed by atoms with van der Waals surface area (Å²) in [4.78, 5) is 11.7. The first-order valence-electron chi connectivity index (χ1n) is 6.08. The fraction of sp³-hybridized carbons (Fsp3) is 0.231. The van der Waals surface area contributed by atoms with E-state index >= 15 is 0 Å². The van der Waals surface area contributed by atoms with Gasteiger partial charge in [-0.1, -0.05) is 18.2 Å². The SMILES string of the molecule is Cc1ccc(=O)n(CCNS(=O)(=O)c2ccccc2)n1. The summed E-state index contributed by atoms with van der Waals surface area (Å²) in [5.41, 5.74) is 0.449. The van der Waals surface area contributed by atoms with Gasteiger partial charge in [-0.25, -0.2) is 17.8 Å². The van der Waals surface area contributed by atoms with Crippen LogP contribution in [-0.2, 0) is 16.6 Å². The van der Waals surface area contributed by atoms with Crippen LogP contribution in [-0.4, -0.2) is 24.7 Å². The van der Waals surface area contributed by atoms with E-state index < -0.39 is 10.0 Å². The van der Waals surface area contributed by atoms with Gasteiger partial charge in [0.1, 0.15) is 0 Å². The molecular formula is C13H15N3O3S. The number of hydrogen-bond acceptors (Lipinski definition) is 4. The van der Waals surface area contributed by atoms with Gasteiger partial charge in [-0.05, 0) is 25.1 Å². The molecule has 0 fully saturated rings. The first-order chi connectivity index (χ1) is 9.49. The maximum atomic E-state index is 12.0. The molecule has 0 radical (unpaired) electrons. The number of hydrogen-bond donors (Lipinski definition) is 1. The predicted molar refractivity (Wildman–Crippen MR) is 74.9 cm³/mol. The van der Waals surface area contributed by atoms with Crippen LogP contribution in [0.1, 0.15) is 5.69 Å². The molecule has 0 saturated carbocycles. The smallest absolute Gasteiger partial charge is 0.266 e. The highest BCUT2D eigenvalue weighted by Crippen LogP contribution is 2.06. The highest BCUT2D eigenvalue weighted by molar-refractivity contribution is 7.89. The molecule has 0 spiro atoms. The number of nitrogens with zero attached hydrogens (tertiary/aromatic N) is 2. The molecule has 0 aliphatic carbocycles. The lowest BCUT2D eigenvalue weighted by molar-refractivity contribution is 0.544. The van der Waals surface area contributed by atoms with Crippen LogP contribution in [0.4, 0.5) is 0 Å². The summed E-state index contributed by atoms with van der Waals surface area (Å²) in [6.45, 7) is 2.06. The Morgan fingerprint density at radius 3 is 2.55 bits per heavy atom. The van der Waals surface area contributed by atoms with Crippen LogP contribution >= 0.6 is 0 Å². The van der Waals surface area contributed by atoms with E-state index in [9.17, 15) is 13.2 Å². The van der Waals surface area contributed by atoms with E-state index in [0.29, 0.717) is 5.69 Å². The maximum absolute atomic E-state index is 12.0. The van der Waals surface area contributed by atoms with Crippen LogP contribution in [0, 0.1) is 6.92 Å². The number of nitrogens with one attached hydrogen (secondary N) is 1. The standard InChI is InChI=1S/C13H15N3O3S/c1-11-7-8-13(17)16(15-11)10-9-14-20(18,19)12-5-3-2-4-6-12/h2-8,14H,9-10H2,1H3. The Morgan fingerprint density at radius 2 is 1.85 bits per heavy atom. The molecular weight excluding hydrogens is 278 g/mol. The molecule has 7 heteroatoms. The van der Waals surface area contributed by atoms with Gasteiger partial charge in [0.15, 0.2) is 0 Å². The normalized spacial score (nSPS) is 11.4. The Labute approximate surface area is 117 Å². The van der Waals surface area contributed by atoms with Gasteiger partial charge in [-0.2, -0.15) is 5.10 Å². The number of aromatic nitrogens is 2. The Bertz CT molecular complexity index is 739. The Kier molecular flexibility index (Phi) is 4.31. The third kappa shape index (κ3) is 3.52. The molecule has 0 bridgehead atoms. The van der Waals surface area contributed by atoms with Crippen molar-refractivity contribution in [2.75, 3.05) is 6.54 Å². The predicted octanol–water partition coefficient (Wildman–Crippen LogP) is 0.530. The minimum atomic E-state index is -3.55. The highest BCUT2D eigenvalue weighted by Gasteiger charge is 2.12. The first kappa shape index (κ1) is 14.4. The van der Waals surface area contributed by atoms with Crippen molar-refractivity contribution in [3.8, 4) is 0 Å². The lowest BCUT2D eigenvalue weighted by Gasteiger charge is -2.08. The molecule has 0 atom stereocenters. The van der Waals surface area contributed by atoms with Gasteiger partial charge < -0.3 is 0 Å². The molecule has 0 aliphatic rings. The lowest BCUT2D eigenvalue weighted by atomic mass is 10.4. The molecule has 6 nitrogen and oxygen atoms in total. The van der Waals surface area contributed by atoms with Gasteiger partial charge in [-0.3, -0.25) is 4.79 Å². The molecule has 0 unspecified atom stereocenters. The topological polar surface area (TPSA) is 81.1 Å². The monoisotopic (exact) mass is 293 g/mol. The number of aryl methyl sites for hydroxylation is 1. The minimum Gasteiger partial charge on any atom is -0.268 e. The van der Waals surface area contributed by atoms with E-state index in [4.69, 9.17) is 0 Å². The van der Waals surface area contributed by atoms with Gasteiger partial charge >= 0.3 is 0 Å². The molecule has 2 aromatic rings. The Morgan fingerprint density at radius 1 is 1.15 bits per heavy atom. The van der Waals surface area contributed by atoms with Crippen LogP contribution in [0.2, 0.25) is 0 Å². The molecule has 1 aromatic heterocycles. The van der Waals surface area contributed by atoms with Gasteiger partial charge in [-0.15, -0.1) is 0 Å². The molecule has 2 rings (SSSR count). The summed E-state index contributed by atoms with van der Waals surface area (Å²) in [5.74, 6) is 0. The van der Waals surface area contributed by atoms with Gasteiger partial charge in [0.2, 0.25) is 10.0 Å². The summed E-state index contributed by atoms with van der Waals surface area (Å²) in [6.07, 6.45) is 0. The summed E-state index contributed by atoms with van der Waals surface area (Å²) < 4.78 is 27.6. The molecule has 20 heavy (non-hydrogen) atoms. The van der Waals surface area contributed by atoms with Crippen LogP contribution < -0.4 is 10.3 Å². The Balaban J connectivity index is 2.03. The molecule has 0 amide bonds. The summed E-state index contributed by atoms with van der Waals surface area (Å²) in [6, 6.07) is 11.1. The van der Waals surface area contributed by atoms with Gasteiger partial charge in [0, 0.05) is 12.6 Å². The second kappa shape index (κ2) is 5.98. The zero-order valence-electron chi connectivity index (χ0n) is 11.0. The summed E-state index contributed by atoms with van der Waals surface area (Å²) in [7, 11) is -3.55. The van der Waals surface area contributed by atoms with Crippen molar-refractivity contribution in [1.82, 2.24) is 14.5 Å². The van der Waals surface area contributed by atoms with Crippen molar-refractivity contribution >= 4 is 10.0 Å². The van der Waals surface area contributed by atoms with Crippen molar-refractivity contribution in [1.29, 1.82) is 0 Å². The largest absolute Gasteiger partial charge is 0.268 e.